The number of piperazine rings is 1. The number of hydrogen-bond acceptors (Lipinski definition) is 14. The van der Waals surface area contributed by atoms with Gasteiger partial charge < -0.3 is 39.3 Å². The number of benzene rings is 2. The molecule has 0 radical (unpaired) electrons. The van der Waals surface area contributed by atoms with E-state index >= 15 is 0 Å². The van der Waals surface area contributed by atoms with Crippen molar-refractivity contribution < 1.29 is 43.1 Å². The number of aliphatic hydroxyl groups is 1. The van der Waals surface area contributed by atoms with Crippen molar-refractivity contribution in [1.82, 2.24) is 9.80 Å². The minimum atomic E-state index is -0.894. The first-order valence-corrected chi connectivity index (χ1v) is 16.7. The number of nitriles is 1. The Bertz CT molecular complexity index is 1700. The van der Waals surface area contributed by atoms with E-state index in [1.54, 1.807) is 7.11 Å². The second-order valence-corrected chi connectivity index (χ2v) is 13.7. The second kappa shape index (κ2) is 12.1. The average molecular weight is 667 g/mol. The van der Waals surface area contributed by atoms with Crippen molar-refractivity contribution in [3.63, 3.8) is 0 Å². The normalized spacial score (nSPS) is 29.1. The lowest BCUT2D eigenvalue weighted by Crippen LogP contribution is -2.69. The smallest absolute Gasteiger partial charge is 0.323 e. The van der Waals surface area contributed by atoms with Crippen LogP contribution in [0.4, 0.5) is 0 Å². The third kappa shape index (κ3) is 4.74. The molecule has 2 aromatic carbocycles. The molecular weight excluding hydrogens is 628 g/mol. The number of aliphatic hydroxyl groups excluding tert-OH is 1. The number of fused-ring (bicyclic) bond motifs is 9. The molecule has 3 N–H and O–H groups in total. The molecule has 2 aromatic rings. The number of ether oxygens (including phenoxy) is 6. The Morgan fingerprint density at radius 2 is 1.94 bits per heavy atom. The van der Waals surface area contributed by atoms with Crippen LogP contribution in [0.2, 0.25) is 0 Å². The summed E-state index contributed by atoms with van der Waals surface area (Å²) in [6, 6.07) is 1.52. The number of nitrogens with zero attached hydrogens (tertiary/aromatic N) is 3. The van der Waals surface area contributed by atoms with Gasteiger partial charge in [0.2, 0.25) is 6.79 Å². The number of rotatable bonds is 5. The molecule has 5 aliphatic rings. The van der Waals surface area contributed by atoms with Gasteiger partial charge in [0.15, 0.2) is 23.0 Å². The third-order valence-corrected chi connectivity index (χ3v) is 11.4. The SMILES string of the molecule is COc1c(C)cc2c(c1OCCO)[C@@H]1[C@@H]3[C@@H]4SCC(N)C(=O)OCC(c5c6c(c(C)c(OC(C)=O)c54)OCO6)N3[C@@H](C#N)[C@H](C2)N1C. The lowest BCUT2D eigenvalue weighted by molar-refractivity contribution is -0.150. The molecule has 250 valence electrons. The number of aryl methyl sites for hydroxylation is 1. The van der Waals surface area contributed by atoms with Gasteiger partial charge in [-0.3, -0.25) is 19.4 Å². The number of hydrogen-bond donors (Lipinski definition) is 2. The fourth-order valence-electron chi connectivity index (χ4n) is 8.25. The molecule has 0 aromatic heterocycles. The van der Waals surface area contributed by atoms with Crippen LogP contribution in [-0.4, -0.2) is 97.5 Å². The van der Waals surface area contributed by atoms with Gasteiger partial charge in [0.05, 0.1) is 37.1 Å². The van der Waals surface area contributed by atoms with Gasteiger partial charge in [-0.1, -0.05) is 6.07 Å². The molecule has 4 bridgehead atoms. The molecule has 0 amide bonds. The molecule has 0 aliphatic carbocycles. The largest absolute Gasteiger partial charge is 0.493 e. The van der Waals surface area contributed by atoms with E-state index in [1.807, 2.05) is 20.9 Å². The van der Waals surface area contributed by atoms with Crippen LogP contribution in [0.15, 0.2) is 6.07 Å². The van der Waals surface area contributed by atoms with E-state index < -0.39 is 41.4 Å². The predicted molar refractivity (Wildman–Crippen MR) is 169 cm³/mol. The molecule has 0 saturated carbocycles. The molecule has 13 nitrogen and oxygen atoms in total. The van der Waals surface area contributed by atoms with Crippen LogP contribution in [0, 0.1) is 25.2 Å². The Hall–Kier alpha value is -3.74. The van der Waals surface area contributed by atoms with Crippen LogP contribution >= 0.6 is 11.8 Å². The van der Waals surface area contributed by atoms with E-state index in [0.717, 1.165) is 22.3 Å². The Balaban J connectivity index is 1.56. The zero-order valence-electron chi connectivity index (χ0n) is 26.9. The van der Waals surface area contributed by atoms with Gasteiger partial charge in [0, 0.05) is 47.0 Å². The number of nitrogens with two attached hydrogens (primary N) is 1. The number of carbonyl (C=O) groups is 2. The number of cyclic esters (lactones) is 1. The molecule has 5 heterocycles. The van der Waals surface area contributed by atoms with Crippen LogP contribution in [-0.2, 0) is 20.7 Å². The monoisotopic (exact) mass is 666 g/mol. The van der Waals surface area contributed by atoms with Gasteiger partial charge in [-0.05, 0) is 38.4 Å². The van der Waals surface area contributed by atoms with Gasteiger partial charge in [-0.15, -0.1) is 11.8 Å². The predicted octanol–water partition coefficient (Wildman–Crippen LogP) is 2.22. The first kappa shape index (κ1) is 31.8. The second-order valence-electron chi connectivity index (χ2n) is 12.5. The van der Waals surface area contributed by atoms with Gasteiger partial charge in [0.1, 0.15) is 31.0 Å². The highest BCUT2D eigenvalue weighted by Crippen LogP contribution is 2.64. The van der Waals surface area contributed by atoms with Crippen molar-refractivity contribution >= 4 is 23.7 Å². The number of thioether (sulfide) groups is 1. The van der Waals surface area contributed by atoms with Crippen LogP contribution < -0.4 is 29.4 Å². The van der Waals surface area contributed by atoms with E-state index in [9.17, 15) is 20.0 Å². The first-order valence-electron chi connectivity index (χ1n) is 15.6. The van der Waals surface area contributed by atoms with Crippen LogP contribution in [0.5, 0.6) is 28.7 Å². The lowest BCUT2D eigenvalue weighted by Gasteiger charge is -2.61. The van der Waals surface area contributed by atoms with Gasteiger partial charge >= 0.3 is 11.9 Å². The van der Waals surface area contributed by atoms with E-state index in [1.165, 1.54) is 18.7 Å². The summed E-state index contributed by atoms with van der Waals surface area (Å²) in [5.74, 6) is 1.63. The first-order chi connectivity index (χ1) is 22.6. The fourth-order valence-corrected chi connectivity index (χ4v) is 9.69. The van der Waals surface area contributed by atoms with Gasteiger partial charge in [0.25, 0.3) is 0 Å². The quantitative estimate of drug-likeness (QED) is 0.352. The third-order valence-electron chi connectivity index (χ3n) is 10.0. The van der Waals surface area contributed by atoms with Crippen LogP contribution in [0.25, 0.3) is 0 Å². The summed E-state index contributed by atoms with van der Waals surface area (Å²) in [7, 11) is 3.61. The molecule has 2 unspecified atom stereocenters. The minimum absolute atomic E-state index is 0.0293. The van der Waals surface area contributed by atoms with Crippen molar-refractivity contribution in [2.45, 2.75) is 68.7 Å². The molecule has 47 heavy (non-hydrogen) atoms. The van der Waals surface area contributed by atoms with Gasteiger partial charge in [-0.2, -0.15) is 5.26 Å². The van der Waals surface area contributed by atoms with Gasteiger partial charge in [-0.25, -0.2) is 0 Å². The molecule has 14 heteroatoms. The number of likely N-dealkylation sites (N-methyl/N-ethyl adjacent to an activating group) is 1. The minimum Gasteiger partial charge on any atom is -0.493 e. The Morgan fingerprint density at radius 1 is 1.17 bits per heavy atom. The van der Waals surface area contributed by atoms with Crippen molar-refractivity contribution in [1.29, 1.82) is 5.26 Å². The van der Waals surface area contributed by atoms with Crippen molar-refractivity contribution in [2.75, 3.05) is 46.5 Å². The maximum Gasteiger partial charge on any atom is 0.323 e. The van der Waals surface area contributed by atoms with E-state index in [4.69, 9.17) is 34.2 Å². The van der Waals surface area contributed by atoms with Crippen LogP contribution in [0.1, 0.15) is 57.6 Å². The Kier molecular flexibility index (Phi) is 8.16. The summed E-state index contributed by atoms with van der Waals surface area (Å²) in [4.78, 5) is 30.1. The molecule has 2 saturated heterocycles. The molecule has 7 atom stereocenters. The molecule has 5 aliphatic heterocycles. The topological polar surface area (TPSA) is 166 Å². The summed E-state index contributed by atoms with van der Waals surface area (Å²) in [5, 5.41) is 20.2. The summed E-state index contributed by atoms with van der Waals surface area (Å²) in [6.45, 7) is 4.89. The maximum atomic E-state index is 13.1. The average Bonchev–Trinajstić information content (AvgIpc) is 3.53. The molecule has 2 fully saturated rings. The zero-order chi connectivity index (χ0) is 33.3. The number of carbonyl (C=O) groups excluding carboxylic acids is 2. The Labute approximate surface area is 276 Å². The van der Waals surface area contributed by atoms with Crippen molar-refractivity contribution in [2.24, 2.45) is 5.73 Å². The van der Waals surface area contributed by atoms with Crippen molar-refractivity contribution in [3.05, 3.63) is 39.4 Å². The van der Waals surface area contributed by atoms with E-state index in [-0.39, 0.29) is 44.5 Å². The summed E-state index contributed by atoms with van der Waals surface area (Å²) in [6.07, 6.45) is 0.552. The van der Waals surface area contributed by atoms with E-state index in [2.05, 4.69) is 21.9 Å². The number of methoxy groups -OCH3 is 1. The zero-order valence-corrected chi connectivity index (χ0v) is 27.7. The summed E-state index contributed by atoms with van der Waals surface area (Å²) >= 11 is 1.46. The standard InChI is InChI=1S/C33H38N4O9S/c1-14-8-17-9-19-20(10-34)37-21-11-43-33(40)18(35)12-47-32(24-23(21)31-29(44-13-45-31)15(2)28(24)46-16(3)39)26(37)25(36(19)4)22(17)30(27(14)41-5)42-7-6-38/h8,18-21,25-26,32,38H,6-7,9,11-13,35H2,1-5H3/t18?,19-,20-,21?,25+,26+,32+/m0/s1. The fraction of sp³-hybridized carbons (Fsp3) is 0.545. The highest BCUT2D eigenvalue weighted by atomic mass is 32.2. The summed E-state index contributed by atoms with van der Waals surface area (Å²) < 4.78 is 36.1. The molecule has 7 rings (SSSR count). The van der Waals surface area contributed by atoms with Crippen molar-refractivity contribution in [3.8, 4) is 34.8 Å². The maximum absolute atomic E-state index is 13.1. The highest BCUT2D eigenvalue weighted by molar-refractivity contribution is 7.99. The van der Waals surface area contributed by atoms with Crippen LogP contribution in [0.3, 0.4) is 0 Å². The lowest BCUT2D eigenvalue weighted by atomic mass is 9.71. The summed E-state index contributed by atoms with van der Waals surface area (Å²) in [5.41, 5.74) is 11.2. The van der Waals surface area contributed by atoms with E-state index in [0.29, 0.717) is 46.3 Å². The number of esters is 2. The molecular formula is C33H38N4O9S. The Morgan fingerprint density at radius 3 is 2.64 bits per heavy atom. The highest BCUT2D eigenvalue weighted by Gasteiger charge is 2.60. The molecule has 0 spiro atoms.